The molecule has 0 radical (unpaired) electrons. The van der Waals surface area contributed by atoms with Gasteiger partial charge >= 0.3 is 0 Å². The van der Waals surface area contributed by atoms with Crippen LogP contribution in [-0.4, -0.2) is 67.6 Å². The third-order valence-electron chi connectivity index (χ3n) is 9.12. The fraction of sp³-hybridized carbons (Fsp3) is 0.500. The van der Waals surface area contributed by atoms with Gasteiger partial charge in [0.2, 0.25) is 17.7 Å². The number of allylic oxidation sites excluding steroid dienone is 2. The highest BCUT2D eigenvalue weighted by Crippen LogP contribution is 2.36. The Morgan fingerprint density at radius 1 is 1.05 bits per heavy atom. The van der Waals surface area contributed by atoms with Gasteiger partial charge in [0.05, 0.1) is 12.0 Å². The lowest BCUT2D eigenvalue weighted by atomic mass is 9.75. The minimum Gasteiger partial charge on any atom is -0.381 e. The van der Waals surface area contributed by atoms with Crippen LogP contribution in [-0.2, 0) is 25.5 Å². The highest BCUT2D eigenvalue weighted by atomic mass is 16.5. The average molecular weight is 573 g/mol. The molecule has 3 aliphatic heterocycles. The summed E-state index contributed by atoms with van der Waals surface area (Å²) in [6, 6.07) is 15.2. The number of hydrogen-bond acceptors (Lipinski definition) is 5. The van der Waals surface area contributed by atoms with E-state index in [9.17, 15) is 14.4 Å². The van der Waals surface area contributed by atoms with Gasteiger partial charge in [-0.25, -0.2) is 0 Å². The molecule has 8 heteroatoms. The van der Waals surface area contributed by atoms with Gasteiger partial charge in [0.25, 0.3) is 0 Å². The number of piperidine rings is 1. The standard InChI is InChI=1S/C34H44N4O4/c1-24-11-12-28(25(2)20-24)35-31(39)23-38-17-13-29-27(22-38)10-6-7-14-34(15-18-42-19-16-34)33(41)37-30(32(40)36-29)21-26-8-4-3-5-9-26/h3-9,11-12,20,27,29-30H,10,13-19,21-23H2,1-2H3,(H,35,39)(H,36,40)(H,37,41)/b7-6+/t27-,29+,30-/m1/s1. The molecule has 0 aromatic heterocycles. The molecule has 3 amide bonds. The topological polar surface area (TPSA) is 99.8 Å². The molecule has 0 unspecified atom stereocenters. The van der Waals surface area contributed by atoms with Crippen LogP contribution >= 0.6 is 0 Å². The molecule has 2 saturated heterocycles. The Kier molecular flexibility index (Phi) is 9.75. The number of nitrogens with one attached hydrogen (secondary N) is 3. The first-order valence-electron chi connectivity index (χ1n) is 15.3. The number of aryl methyl sites for hydroxylation is 2. The summed E-state index contributed by atoms with van der Waals surface area (Å²) in [4.78, 5) is 42.7. The van der Waals surface area contributed by atoms with Crippen molar-refractivity contribution in [3.05, 3.63) is 77.4 Å². The molecule has 2 aromatic carbocycles. The Labute approximate surface area is 249 Å². The van der Waals surface area contributed by atoms with Crippen molar-refractivity contribution in [3.8, 4) is 0 Å². The number of amides is 3. The lowest BCUT2D eigenvalue weighted by molar-refractivity contribution is -0.140. The minimum atomic E-state index is -0.662. The maximum absolute atomic E-state index is 13.8. The normalized spacial score (nSPS) is 25.7. The number of rotatable bonds is 5. The third-order valence-corrected chi connectivity index (χ3v) is 9.12. The van der Waals surface area contributed by atoms with Crippen LogP contribution in [0.4, 0.5) is 5.69 Å². The predicted molar refractivity (Wildman–Crippen MR) is 164 cm³/mol. The number of ether oxygens (including phenoxy) is 1. The van der Waals surface area contributed by atoms with Crippen molar-refractivity contribution in [2.24, 2.45) is 11.3 Å². The first-order chi connectivity index (χ1) is 20.3. The third kappa shape index (κ3) is 7.47. The summed E-state index contributed by atoms with van der Waals surface area (Å²) >= 11 is 0. The van der Waals surface area contributed by atoms with Crippen LogP contribution < -0.4 is 16.0 Å². The Morgan fingerprint density at radius 2 is 1.83 bits per heavy atom. The lowest BCUT2D eigenvalue weighted by Crippen LogP contribution is -2.58. The monoisotopic (exact) mass is 572 g/mol. The van der Waals surface area contributed by atoms with Crippen LogP contribution in [0.15, 0.2) is 60.7 Å². The highest BCUT2D eigenvalue weighted by Gasteiger charge is 2.41. The Bertz CT molecular complexity index is 1290. The summed E-state index contributed by atoms with van der Waals surface area (Å²) in [7, 11) is 0. The van der Waals surface area contributed by atoms with E-state index >= 15 is 0 Å². The van der Waals surface area contributed by atoms with Crippen LogP contribution in [0.1, 0.15) is 48.8 Å². The number of carbonyl (C=O) groups is 3. The molecule has 0 saturated carbocycles. The average Bonchev–Trinajstić information content (AvgIpc) is 2.98. The molecule has 8 nitrogen and oxygen atoms in total. The van der Waals surface area contributed by atoms with E-state index in [-0.39, 0.29) is 29.7 Å². The molecule has 5 rings (SSSR count). The zero-order chi connectivity index (χ0) is 29.5. The van der Waals surface area contributed by atoms with Gasteiger partial charge in [-0.2, -0.15) is 0 Å². The molecule has 3 heterocycles. The van der Waals surface area contributed by atoms with Gasteiger partial charge in [0, 0.05) is 44.5 Å². The SMILES string of the molecule is Cc1ccc(NC(=O)CN2CC[C@@H]3NC(=O)[C@@H](Cc4ccccc4)NC(=O)C4(C/C=C/C[C@@H]3C2)CCOCC4)c(C)c1. The first kappa shape index (κ1) is 30.0. The first-order valence-corrected chi connectivity index (χ1v) is 15.3. The zero-order valence-corrected chi connectivity index (χ0v) is 24.9. The minimum absolute atomic E-state index is 0.0276. The molecule has 1 spiro atoms. The van der Waals surface area contributed by atoms with Crippen molar-refractivity contribution in [2.75, 3.05) is 38.2 Å². The second-order valence-electron chi connectivity index (χ2n) is 12.3. The molecular weight excluding hydrogens is 528 g/mol. The fourth-order valence-electron chi connectivity index (χ4n) is 6.55. The van der Waals surface area contributed by atoms with Gasteiger partial charge in [-0.05, 0) is 69.1 Å². The maximum Gasteiger partial charge on any atom is 0.243 e. The number of hydrogen-bond donors (Lipinski definition) is 3. The molecule has 0 bridgehead atoms. The van der Waals surface area contributed by atoms with Crippen molar-refractivity contribution < 1.29 is 19.1 Å². The summed E-state index contributed by atoms with van der Waals surface area (Å²) in [6.45, 7) is 6.87. The summed E-state index contributed by atoms with van der Waals surface area (Å²) < 4.78 is 5.60. The molecule has 42 heavy (non-hydrogen) atoms. The van der Waals surface area contributed by atoms with Crippen LogP contribution in [0.25, 0.3) is 0 Å². The largest absolute Gasteiger partial charge is 0.381 e. The number of anilines is 1. The Balaban J connectivity index is 1.31. The van der Waals surface area contributed by atoms with E-state index in [2.05, 4.69) is 39.1 Å². The molecular formula is C34H44N4O4. The van der Waals surface area contributed by atoms with Crippen molar-refractivity contribution in [2.45, 2.75) is 64.5 Å². The van der Waals surface area contributed by atoms with Crippen LogP contribution in [0, 0.1) is 25.2 Å². The molecule has 2 fully saturated rings. The fourth-order valence-corrected chi connectivity index (χ4v) is 6.55. The van der Waals surface area contributed by atoms with Gasteiger partial charge in [-0.15, -0.1) is 0 Å². The van der Waals surface area contributed by atoms with Gasteiger partial charge in [-0.3, -0.25) is 19.3 Å². The van der Waals surface area contributed by atoms with Crippen LogP contribution in [0.5, 0.6) is 0 Å². The molecule has 0 aliphatic carbocycles. The molecule has 3 aliphatic rings. The van der Waals surface area contributed by atoms with Crippen molar-refractivity contribution >= 4 is 23.4 Å². The van der Waals surface area contributed by atoms with Gasteiger partial charge < -0.3 is 20.7 Å². The smallest absolute Gasteiger partial charge is 0.243 e. The second kappa shape index (κ2) is 13.7. The van der Waals surface area contributed by atoms with Crippen molar-refractivity contribution in [3.63, 3.8) is 0 Å². The predicted octanol–water partition coefficient (Wildman–Crippen LogP) is 3.92. The Hall–Kier alpha value is -3.49. The van der Waals surface area contributed by atoms with E-state index in [1.807, 2.05) is 56.3 Å². The van der Waals surface area contributed by atoms with E-state index in [0.29, 0.717) is 58.5 Å². The summed E-state index contributed by atoms with van der Waals surface area (Å²) in [5, 5.41) is 9.53. The summed E-state index contributed by atoms with van der Waals surface area (Å²) in [5.41, 5.74) is 3.49. The lowest BCUT2D eigenvalue weighted by Gasteiger charge is -2.40. The van der Waals surface area contributed by atoms with Crippen LogP contribution in [0.2, 0.25) is 0 Å². The van der Waals surface area contributed by atoms with E-state index in [0.717, 1.165) is 29.7 Å². The molecule has 3 N–H and O–H groups in total. The number of benzene rings is 2. The zero-order valence-electron chi connectivity index (χ0n) is 24.9. The van der Waals surface area contributed by atoms with Crippen LogP contribution in [0.3, 0.4) is 0 Å². The molecule has 2 aromatic rings. The second-order valence-corrected chi connectivity index (χ2v) is 12.3. The van der Waals surface area contributed by atoms with Gasteiger partial charge in [-0.1, -0.05) is 60.2 Å². The molecule has 3 atom stereocenters. The Morgan fingerprint density at radius 3 is 2.60 bits per heavy atom. The number of likely N-dealkylation sites (tertiary alicyclic amines) is 1. The number of nitrogens with zero attached hydrogens (tertiary/aromatic N) is 1. The maximum atomic E-state index is 13.8. The van der Waals surface area contributed by atoms with Gasteiger partial charge in [0.15, 0.2) is 0 Å². The van der Waals surface area contributed by atoms with E-state index in [1.54, 1.807) is 0 Å². The van der Waals surface area contributed by atoms with E-state index < -0.39 is 11.5 Å². The van der Waals surface area contributed by atoms with Gasteiger partial charge in [0.1, 0.15) is 6.04 Å². The number of carbonyl (C=O) groups excluding carboxylic acids is 3. The molecule has 224 valence electrons. The van der Waals surface area contributed by atoms with Crippen molar-refractivity contribution in [1.82, 2.24) is 15.5 Å². The quantitative estimate of drug-likeness (QED) is 0.472. The number of fused-ring (bicyclic) bond motifs is 1. The van der Waals surface area contributed by atoms with E-state index in [4.69, 9.17) is 4.74 Å². The summed E-state index contributed by atoms with van der Waals surface area (Å²) in [6.07, 6.45) is 8.16. The highest BCUT2D eigenvalue weighted by molar-refractivity contribution is 5.93. The van der Waals surface area contributed by atoms with Crippen molar-refractivity contribution in [1.29, 1.82) is 0 Å². The summed E-state index contributed by atoms with van der Waals surface area (Å²) in [5.74, 6) is -0.0745. The van der Waals surface area contributed by atoms with E-state index in [1.165, 1.54) is 5.56 Å².